The lowest BCUT2D eigenvalue weighted by Crippen LogP contribution is -2.56. The van der Waals surface area contributed by atoms with E-state index < -0.39 is 11.5 Å². The van der Waals surface area contributed by atoms with Crippen LogP contribution in [0.2, 0.25) is 0 Å². The maximum absolute atomic E-state index is 12.4. The van der Waals surface area contributed by atoms with Crippen molar-refractivity contribution in [3.05, 3.63) is 71.3 Å². The minimum Gasteiger partial charge on any atom is -0.467 e. The molecule has 0 saturated heterocycles. The first-order valence-electron chi connectivity index (χ1n) is 6.72. The van der Waals surface area contributed by atoms with Crippen molar-refractivity contribution in [1.82, 2.24) is 5.32 Å². The highest BCUT2D eigenvalue weighted by atomic mass is 16.5. The van der Waals surface area contributed by atoms with Gasteiger partial charge in [-0.15, -0.1) is 0 Å². The number of rotatable bonds is 2. The number of fused-ring (bicyclic) bond motifs is 1. The molecule has 3 rings (SSSR count). The number of carbonyl (C=O) groups is 2. The molecule has 1 amide bonds. The second kappa shape index (κ2) is 5.05. The monoisotopic (exact) mass is 281 g/mol. The molecule has 0 spiro atoms. The van der Waals surface area contributed by atoms with Crippen LogP contribution in [-0.4, -0.2) is 19.0 Å². The first-order chi connectivity index (χ1) is 10.2. The molecule has 106 valence electrons. The fourth-order valence-corrected chi connectivity index (χ4v) is 2.80. The highest BCUT2D eigenvalue weighted by Gasteiger charge is 2.46. The molecule has 4 heteroatoms. The molecule has 0 saturated carbocycles. The smallest absolute Gasteiger partial charge is 0.336 e. The molecule has 1 unspecified atom stereocenters. The average Bonchev–Trinajstić information content (AvgIpc) is 2.54. The maximum Gasteiger partial charge on any atom is 0.336 e. The lowest BCUT2D eigenvalue weighted by atomic mass is 9.79. The van der Waals surface area contributed by atoms with E-state index in [1.807, 2.05) is 48.5 Å². The first kappa shape index (κ1) is 13.4. The molecular formula is C17H15NO3. The number of esters is 1. The number of benzene rings is 2. The van der Waals surface area contributed by atoms with Gasteiger partial charge in [0.05, 0.1) is 7.11 Å². The molecule has 2 aromatic carbocycles. The van der Waals surface area contributed by atoms with Gasteiger partial charge in [-0.3, -0.25) is 4.79 Å². The van der Waals surface area contributed by atoms with E-state index in [0.717, 1.165) is 11.1 Å². The highest BCUT2D eigenvalue weighted by Crippen LogP contribution is 2.32. The summed E-state index contributed by atoms with van der Waals surface area (Å²) in [6.45, 7) is 0. The van der Waals surface area contributed by atoms with Gasteiger partial charge in [-0.1, -0.05) is 48.5 Å². The Hall–Kier alpha value is -2.62. The summed E-state index contributed by atoms with van der Waals surface area (Å²) in [7, 11) is 1.33. The van der Waals surface area contributed by atoms with Crippen molar-refractivity contribution in [1.29, 1.82) is 0 Å². The Morgan fingerprint density at radius 3 is 2.48 bits per heavy atom. The molecule has 2 aromatic rings. The van der Waals surface area contributed by atoms with Crippen LogP contribution in [0.15, 0.2) is 54.6 Å². The van der Waals surface area contributed by atoms with Crippen LogP contribution in [0.3, 0.4) is 0 Å². The Labute approximate surface area is 122 Å². The van der Waals surface area contributed by atoms with Crippen LogP contribution >= 0.6 is 0 Å². The van der Waals surface area contributed by atoms with Crippen molar-refractivity contribution in [2.75, 3.05) is 7.11 Å². The Bertz CT molecular complexity index is 696. The summed E-state index contributed by atoms with van der Waals surface area (Å²) in [5, 5.41) is 2.84. The van der Waals surface area contributed by atoms with Gasteiger partial charge in [0.1, 0.15) is 0 Å². The van der Waals surface area contributed by atoms with Crippen LogP contribution in [0.4, 0.5) is 0 Å². The summed E-state index contributed by atoms with van der Waals surface area (Å²) in [4.78, 5) is 24.8. The Kier molecular flexibility index (Phi) is 3.22. The Morgan fingerprint density at radius 1 is 1.10 bits per heavy atom. The number of amides is 1. The third-order valence-corrected chi connectivity index (χ3v) is 3.84. The van der Waals surface area contributed by atoms with Gasteiger partial charge < -0.3 is 10.1 Å². The van der Waals surface area contributed by atoms with E-state index in [9.17, 15) is 9.59 Å². The normalized spacial score (nSPS) is 20.3. The van der Waals surface area contributed by atoms with Crippen LogP contribution < -0.4 is 5.32 Å². The number of methoxy groups -OCH3 is 1. The fraction of sp³-hybridized carbons (Fsp3) is 0.176. The third-order valence-electron chi connectivity index (χ3n) is 3.84. The van der Waals surface area contributed by atoms with Crippen molar-refractivity contribution in [3.8, 4) is 0 Å². The van der Waals surface area contributed by atoms with Crippen molar-refractivity contribution in [2.24, 2.45) is 0 Å². The predicted octanol–water partition coefficient (Wildman–Crippen LogP) is 2.04. The molecule has 1 aliphatic heterocycles. The zero-order valence-electron chi connectivity index (χ0n) is 11.6. The van der Waals surface area contributed by atoms with Crippen molar-refractivity contribution in [3.63, 3.8) is 0 Å². The molecule has 21 heavy (non-hydrogen) atoms. The molecular weight excluding hydrogens is 266 g/mol. The first-order valence-corrected chi connectivity index (χ1v) is 6.72. The molecule has 0 fully saturated rings. The molecule has 0 radical (unpaired) electrons. The average molecular weight is 281 g/mol. The largest absolute Gasteiger partial charge is 0.467 e. The summed E-state index contributed by atoms with van der Waals surface area (Å²) >= 11 is 0. The number of hydrogen-bond donors (Lipinski definition) is 1. The summed E-state index contributed by atoms with van der Waals surface area (Å²) < 4.78 is 4.96. The standard InChI is InChI=1S/C17H15NO3/c1-21-16(20)17(13-8-3-2-4-9-13)11-12-7-5-6-10-14(12)15(19)18-17/h2-10H,11H2,1H3,(H,18,19). The maximum atomic E-state index is 12.4. The molecule has 1 heterocycles. The number of ether oxygens (including phenoxy) is 1. The summed E-state index contributed by atoms with van der Waals surface area (Å²) in [6.07, 6.45) is 0.381. The van der Waals surface area contributed by atoms with Crippen molar-refractivity contribution >= 4 is 11.9 Å². The number of nitrogens with one attached hydrogen (secondary N) is 1. The summed E-state index contributed by atoms with van der Waals surface area (Å²) in [6, 6.07) is 16.5. The minimum atomic E-state index is -1.17. The second-order valence-corrected chi connectivity index (χ2v) is 5.05. The van der Waals surface area contributed by atoms with Gasteiger partial charge in [-0.2, -0.15) is 0 Å². The summed E-state index contributed by atoms with van der Waals surface area (Å²) in [5.74, 6) is -0.720. The third kappa shape index (κ3) is 2.09. The molecule has 1 aliphatic rings. The fourth-order valence-electron chi connectivity index (χ4n) is 2.80. The van der Waals surface area contributed by atoms with E-state index in [1.165, 1.54) is 7.11 Å². The van der Waals surface area contributed by atoms with E-state index in [0.29, 0.717) is 12.0 Å². The molecule has 0 aliphatic carbocycles. The van der Waals surface area contributed by atoms with Crippen LogP contribution in [0.25, 0.3) is 0 Å². The molecule has 0 bridgehead atoms. The van der Waals surface area contributed by atoms with Crippen LogP contribution in [-0.2, 0) is 21.5 Å². The zero-order chi connectivity index (χ0) is 14.9. The van der Waals surface area contributed by atoms with Gasteiger partial charge in [0.15, 0.2) is 5.54 Å². The molecule has 1 atom stereocenters. The van der Waals surface area contributed by atoms with E-state index in [2.05, 4.69) is 5.32 Å². The lowest BCUT2D eigenvalue weighted by Gasteiger charge is -2.36. The summed E-state index contributed by atoms with van der Waals surface area (Å²) in [5.41, 5.74) is 1.00. The quantitative estimate of drug-likeness (QED) is 0.857. The van der Waals surface area contributed by atoms with Gasteiger partial charge in [0.25, 0.3) is 5.91 Å². The lowest BCUT2D eigenvalue weighted by molar-refractivity contribution is -0.149. The topological polar surface area (TPSA) is 55.4 Å². The van der Waals surface area contributed by atoms with E-state index in [-0.39, 0.29) is 5.91 Å². The Morgan fingerprint density at radius 2 is 1.76 bits per heavy atom. The van der Waals surface area contributed by atoms with Gasteiger partial charge in [-0.25, -0.2) is 4.79 Å². The number of hydrogen-bond acceptors (Lipinski definition) is 3. The highest BCUT2D eigenvalue weighted by molar-refractivity contribution is 6.02. The zero-order valence-corrected chi connectivity index (χ0v) is 11.6. The minimum absolute atomic E-state index is 0.258. The van der Waals surface area contributed by atoms with Gasteiger partial charge in [0.2, 0.25) is 0 Å². The molecule has 4 nitrogen and oxygen atoms in total. The Balaban J connectivity index is 2.16. The van der Waals surface area contributed by atoms with Gasteiger partial charge >= 0.3 is 5.97 Å². The number of carbonyl (C=O) groups excluding carboxylic acids is 2. The van der Waals surface area contributed by atoms with E-state index in [1.54, 1.807) is 6.07 Å². The van der Waals surface area contributed by atoms with Crippen LogP contribution in [0.5, 0.6) is 0 Å². The van der Waals surface area contributed by atoms with Crippen molar-refractivity contribution in [2.45, 2.75) is 12.0 Å². The van der Waals surface area contributed by atoms with Crippen LogP contribution in [0, 0.1) is 0 Å². The van der Waals surface area contributed by atoms with Gasteiger partial charge in [0, 0.05) is 12.0 Å². The predicted molar refractivity (Wildman–Crippen MR) is 77.7 cm³/mol. The SMILES string of the molecule is COC(=O)C1(c2ccccc2)Cc2ccccc2C(=O)N1. The second-order valence-electron chi connectivity index (χ2n) is 5.05. The van der Waals surface area contributed by atoms with Crippen LogP contribution in [0.1, 0.15) is 21.5 Å². The van der Waals surface area contributed by atoms with E-state index >= 15 is 0 Å². The molecule has 0 aromatic heterocycles. The van der Waals surface area contributed by atoms with Gasteiger partial charge in [-0.05, 0) is 17.2 Å². The van der Waals surface area contributed by atoms with E-state index in [4.69, 9.17) is 4.74 Å². The van der Waals surface area contributed by atoms with Crippen molar-refractivity contribution < 1.29 is 14.3 Å². The molecule has 1 N–H and O–H groups in total.